The van der Waals surface area contributed by atoms with Gasteiger partial charge in [0.15, 0.2) is 0 Å². The molecule has 0 radical (unpaired) electrons. The number of nitrogens with one attached hydrogen (secondary N) is 1. The van der Waals surface area contributed by atoms with Crippen LogP contribution in [0.4, 0.5) is 0 Å². The average molecular weight is 247 g/mol. The maximum Gasteiger partial charge on any atom is 0.120 e. The first-order valence-electron chi connectivity index (χ1n) is 5.74. The van der Waals surface area contributed by atoms with E-state index in [1.807, 2.05) is 25.4 Å². The Morgan fingerprint density at radius 1 is 1.33 bits per heavy atom. The van der Waals surface area contributed by atoms with Crippen molar-refractivity contribution in [2.24, 2.45) is 7.05 Å². The highest BCUT2D eigenvalue weighted by molar-refractivity contribution is 5.39. The van der Waals surface area contributed by atoms with E-state index >= 15 is 0 Å². The summed E-state index contributed by atoms with van der Waals surface area (Å²) in [5.74, 6) is 1.01. The van der Waals surface area contributed by atoms with Gasteiger partial charge in [0.2, 0.25) is 0 Å². The Morgan fingerprint density at radius 2 is 2.17 bits per heavy atom. The smallest absolute Gasteiger partial charge is 0.120 e. The lowest BCUT2D eigenvalue weighted by molar-refractivity contribution is 0.410. The Morgan fingerprint density at radius 3 is 2.83 bits per heavy atom. The van der Waals surface area contributed by atoms with Crippen LogP contribution < -0.4 is 10.1 Å². The van der Waals surface area contributed by atoms with Gasteiger partial charge in [0.25, 0.3) is 0 Å². The zero-order valence-electron chi connectivity index (χ0n) is 10.6. The summed E-state index contributed by atoms with van der Waals surface area (Å²) in [6, 6.07) is 7.15. The molecular weight excluding hydrogens is 230 g/mol. The lowest BCUT2D eigenvalue weighted by Gasteiger charge is -2.08. The molecule has 0 aliphatic heterocycles. The first kappa shape index (κ1) is 12.4. The van der Waals surface area contributed by atoms with Crippen molar-refractivity contribution in [3.05, 3.63) is 41.7 Å². The molecule has 1 heterocycles. The topological polar surface area (TPSA) is 59.3 Å². The van der Waals surface area contributed by atoms with Crippen molar-refractivity contribution in [3.8, 4) is 11.5 Å². The summed E-state index contributed by atoms with van der Waals surface area (Å²) < 4.78 is 6.89. The van der Waals surface area contributed by atoms with Gasteiger partial charge in [-0.05, 0) is 24.3 Å². The highest BCUT2D eigenvalue weighted by Crippen LogP contribution is 2.22. The van der Waals surface area contributed by atoms with E-state index in [-0.39, 0.29) is 5.75 Å². The van der Waals surface area contributed by atoms with Crippen LogP contribution in [-0.2, 0) is 20.1 Å². The van der Waals surface area contributed by atoms with E-state index in [2.05, 4.69) is 10.4 Å². The second kappa shape index (κ2) is 5.55. The summed E-state index contributed by atoms with van der Waals surface area (Å²) in [5.41, 5.74) is 1.78. The highest BCUT2D eigenvalue weighted by Gasteiger charge is 2.03. The third-order valence-electron chi connectivity index (χ3n) is 2.68. The molecule has 0 spiro atoms. The van der Waals surface area contributed by atoms with Gasteiger partial charge in [-0.25, -0.2) is 0 Å². The third-order valence-corrected chi connectivity index (χ3v) is 2.68. The fourth-order valence-electron chi connectivity index (χ4n) is 1.71. The summed E-state index contributed by atoms with van der Waals surface area (Å²) in [4.78, 5) is 0. The Bertz CT molecular complexity index is 523. The van der Waals surface area contributed by atoms with Crippen molar-refractivity contribution in [2.75, 3.05) is 7.11 Å². The van der Waals surface area contributed by atoms with Gasteiger partial charge in [-0.1, -0.05) is 0 Å². The first-order chi connectivity index (χ1) is 8.69. The van der Waals surface area contributed by atoms with Crippen LogP contribution in [0.2, 0.25) is 0 Å². The number of benzene rings is 1. The van der Waals surface area contributed by atoms with Crippen LogP contribution in [0.15, 0.2) is 30.5 Å². The van der Waals surface area contributed by atoms with Gasteiger partial charge in [-0.15, -0.1) is 0 Å². The summed E-state index contributed by atoms with van der Waals surface area (Å²) in [5, 5.41) is 17.2. The summed E-state index contributed by atoms with van der Waals surface area (Å²) in [6.07, 6.45) is 1.90. The first-order valence-corrected chi connectivity index (χ1v) is 5.74. The van der Waals surface area contributed by atoms with E-state index in [0.717, 1.165) is 17.0 Å². The summed E-state index contributed by atoms with van der Waals surface area (Å²) in [7, 11) is 3.49. The van der Waals surface area contributed by atoms with Crippen molar-refractivity contribution in [1.29, 1.82) is 0 Å². The molecule has 2 rings (SSSR count). The van der Waals surface area contributed by atoms with E-state index in [0.29, 0.717) is 13.1 Å². The Balaban J connectivity index is 1.93. The van der Waals surface area contributed by atoms with Crippen LogP contribution in [0.25, 0.3) is 0 Å². The molecule has 5 heteroatoms. The second-order valence-electron chi connectivity index (χ2n) is 4.08. The monoisotopic (exact) mass is 247 g/mol. The number of aryl methyl sites for hydroxylation is 1. The maximum atomic E-state index is 9.72. The molecule has 0 amide bonds. The van der Waals surface area contributed by atoms with Gasteiger partial charge in [0, 0.05) is 31.9 Å². The SMILES string of the molecule is COc1ccc(O)c(CNCc2ccn(C)n2)c1. The van der Waals surface area contributed by atoms with E-state index in [1.54, 1.807) is 23.9 Å². The van der Waals surface area contributed by atoms with Gasteiger partial charge in [-0.2, -0.15) is 5.10 Å². The minimum Gasteiger partial charge on any atom is -0.508 e. The zero-order valence-corrected chi connectivity index (χ0v) is 10.6. The van der Waals surface area contributed by atoms with Crippen LogP contribution in [0.3, 0.4) is 0 Å². The quantitative estimate of drug-likeness (QED) is 0.839. The molecule has 2 N–H and O–H groups in total. The molecule has 0 atom stereocenters. The third kappa shape index (κ3) is 3.01. The van der Waals surface area contributed by atoms with E-state index in [4.69, 9.17) is 4.74 Å². The molecule has 2 aromatic rings. The average Bonchev–Trinajstić information content (AvgIpc) is 2.77. The molecular formula is C13H17N3O2. The Kier molecular flexibility index (Phi) is 3.84. The lowest BCUT2D eigenvalue weighted by atomic mass is 10.2. The number of ether oxygens (including phenoxy) is 1. The number of nitrogens with zero attached hydrogens (tertiary/aromatic N) is 2. The number of hydrogen-bond acceptors (Lipinski definition) is 4. The van der Waals surface area contributed by atoms with Crippen LogP contribution in [0.5, 0.6) is 11.5 Å². The molecule has 0 fully saturated rings. The van der Waals surface area contributed by atoms with Crippen LogP contribution >= 0.6 is 0 Å². The van der Waals surface area contributed by atoms with E-state index in [1.165, 1.54) is 0 Å². The Hall–Kier alpha value is -2.01. The fourth-order valence-corrected chi connectivity index (χ4v) is 1.71. The number of methoxy groups -OCH3 is 1. The molecule has 1 aromatic heterocycles. The zero-order chi connectivity index (χ0) is 13.0. The van der Waals surface area contributed by atoms with Crippen molar-refractivity contribution in [2.45, 2.75) is 13.1 Å². The predicted molar refractivity (Wildman–Crippen MR) is 68.4 cm³/mol. The number of aromatic nitrogens is 2. The van der Waals surface area contributed by atoms with Gasteiger partial charge >= 0.3 is 0 Å². The molecule has 0 aliphatic carbocycles. The van der Waals surface area contributed by atoms with Gasteiger partial charge in [0.1, 0.15) is 11.5 Å². The summed E-state index contributed by atoms with van der Waals surface area (Å²) >= 11 is 0. The lowest BCUT2D eigenvalue weighted by Crippen LogP contribution is -2.13. The molecule has 1 aromatic carbocycles. The highest BCUT2D eigenvalue weighted by atomic mass is 16.5. The van der Waals surface area contributed by atoms with Crippen molar-refractivity contribution >= 4 is 0 Å². The second-order valence-corrected chi connectivity index (χ2v) is 4.08. The standard InChI is InChI=1S/C13H17N3O2/c1-16-6-5-11(15-16)9-14-8-10-7-12(18-2)3-4-13(10)17/h3-7,14,17H,8-9H2,1-2H3. The fraction of sp³-hybridized carbons (Fsp3) is 0.308. The number of rotatable bonds is 5. The molecule has 0 saturated heterocycles. The minimum absolute atomic E-state index is 0.268. The molecule has 5 nitrogen and oxygen atoms in total. The van der Waals surface area contributed by atoms with Crippen molar-refractivity contribution in [1.82, 2.24) is 15.1 Å². The number of hydrogen-bond donors (Lipinski definition) is 2. The van der Waals surface area contributed by atoms with Crippen molar-refractivity contribution in [3.63, 3.8) is 0 Å². The molecule has 0 bridgehead atoms. The van der Waals surface area contributed by atoms with Gasteiger partial charge in [0.05, 0.1) is 12.8 Å². The number of aromatic hydroxyl groups is 1. The van der Waals surface area contributed by atoms with E-state index < -0.39 is 0 Å². The molecule has 0 unspecified atom stereocenters. The molecule has 0 saturated carbocycles. The van der Waals surface area contributed by atoms with Crippen LogP contribution in [0.1, 0.15) is 11.3 Å². The maximum absolute atomic E-state index is 9.72. The largest absolute Gasteiger partial charge is 0.508 e. The molecule has 96 valence electrons. The van der Waals surface area contributed by atoms with Gasteiger partial charge in [-0.3, -0.25) is 4.68 Å². The predicted octanol–water partition coefficient (Wildman–Crippen LogP) is 1.42. The van der Waals surface area contributed by atoms with Crippen LogP contribution in [0, 0.1) is 0 Å². The molecule has 18 heavy (non-hydrogen) atoms. The van der Waals surface area contributed by atoms with Crippen molar-refractivity contribution < 1.29 is 9.84 Å². The minimum atomic E-state index is 0.268. The number of phenols is 1. The normalized spacial score (nSPS) is 10.6. The van der Waals surface area contributed by atoms with Crippen LogP contribution in [-0.4, -0.2) is 22.0 Å². The van der Waals surface area contributed by atoms with E-state index in [9.17, 15) is 5.11 Å². The molecule has 0 aliphatic rings. The summed E-state index contributed by atoms with van der Waals surface area (Å²) in [6.45, 7) is 1.23. The Labute approximate surface area is 106 Å². The van der Waals surface area contributed by atoms with Gasteiger partial charge < -0.3 is 15.2 Å². The number of phenolic OH excluding ortho intramolecular Hbond substituents is 1.